The normalized spacial score (nSPS) is 10.8. The van der Waals surface area contributed by atoms with E-state index < -0.39 is 0 Å². The van der Waals surface area contributed by atoms with Crippen LogP contribution in [0.4, 0.5) is 22.7 Å². The first-order valence-corrected chi connectivity index (χ1v) is 11.3. The number of nitrogens with zero attached hydrogens (tertiary/aromatic N) is 2. The highest BCUT2D eigenvalue weighted by atomic mass is 35.5. The number of pyridine rings is 2. The molecular weight excluding hydrogens is 432 g/mol. The molecule has 174 valence electrons. The number of nitrogens with two attached hydrogens (primary N) is 2. The Morgan fingerprint density at radius 1 is 0.636 bits per heavy atom. The summed E-state index contributed by atoms with van der Waals surface area (Å²) in [4.78, 5) is 9.19. The number of anilines is 4. The molecule has 2 heterocycles. The topological polar surface area (TPSA) is 102 Å². The SMILES string of the molecule is Cc1cc(NCCCCCCNc2cc(C)nc3ccc(N)cc23)c2cc(N)ccc2n1.Cl. The molecule has 0 bridgehead atoms. The van der Waals surface area contributed by atoms with E-state index in [2.05, 4.69) is 32.7 Å². The number of rotatable bonds is 9. The monoisotopic (exact) mass is 464 g/mol. The second-order valence-corrected chi connectivity index (χ2v) is 8.44. The zero-order valence-electron chi connectivity index (χ0n) is 19.3. The molecular formula is C26H33ClN6. The number of nitrogens with one attached hydrogen (secondary N) is 2. The van der Waals surface area contributed by atoms with Crippen molar-refractivity contribution in [2.24, 2.45) is 0 Å². The predicted molar refractivity (Wildman–Crippen MR) is 144 cm³/mol. The van der Waals surface area contributed by atoms with Crippen LogP contribution < -0.4 is 22.1 Å². The van der Waals surface area contributed by atoms with Crippen molar-refractivity contribution in [3.05, 3.63) is 59.9 Å². The largest absolute Gasteiger partial charge is 0.399 e. The van der Waals surface area contributed by atoms with Gasteiger partial charge in [-0.15, -0.1) is 12.4 Å². The van der Waals surface area contributed by atoms with Crippen LogP contribution in [0.25, 0.3) is 21.8 Å². The fourth-order valence-corrected chi connectivity index (χ4v) is 4.09. The van der Waals surface area contributed by atoms with Crippen molar-refractivity contribution in [1.82, 2.24) is 9.97 Å². The summed E-state index contributed by atoms with van der Waals surface area (Å²) in [5.41, 5.74) is 19.7. The maximum absolute atomic E-state index is 5.97. The summed E-state index contributed by atoms with van der Waals surface area (Å²) in [5.74, 6) is 0. The van der Waals surface area contributed by atoms with Crippen LogP contribution in [0.5, 0.6) is 0 Å². The zero-order valence-corrected chi connectivity index (χ0v) is 20.1. The Morgan fingerprint density at radius 2 is 1.06 bits per heavy atom. The smallest absolute Gasteiger partial charge is 0.0727 e. The molecule has 0 aliphatic heterocycles. The third-order valence-corrected chi connectivity index (χ3v) is 5.66. The molecule has 0 saturated heterocycles. The second kappa shape index (κ2) is 11.1. The van der Waals surface area contributed by atoms with Gasteiger partial charge in [0.25, 0.3) is 0 Å². The molecule has 7 heteroatoms. The van der Waals surface area contributed by atoms with Gasteiger partial charge in [-0.3, -0.25) is 9.97 Å². The average molecular weight is 465 g/mol. The van der Waals surface area contributed by atoms with E-state index in [0.29, 0.717) is 0 Å². The van der Waals surface area contributed by atoms with Crippen LogP contribution in [-0.4, -0.2) is 23.1 Å². The van der Waals surface area contributed by atoms with Crippen molar-refractivity contribution >= 4 is 57.0 Å². The van der Waals surface area contributed by atoms with Crippen LogP contribution >= 0.6 is 12.4 Å². The lowest BCUT2D eigenvalue weighted by molar-refractivity contribution is 0.671. The molecule has 0 radical (unpaired) electrons. The van der Waals surface area contributed by atoms with E-state index in [1.165, 1.54) is 12.8 Å². The molecule has 4 aromatic rings. The fraction of sp³-hybridized carbons (Fsp3) is 0.308. The Balaban J connectivity index is 0.00000306. The van der Waals surface area contributed by atoms with Crippen LogP contribution in [0.1, 0.15) is 37.1 Å². The molecule has 4 rings (SSSR count). The number of aryl methyl sites for hydroxylation is 2. The minimum absolute atomic E-state index is 0. The van der Waals surface area contributed by atoms with Crippen molar-refractivity contribution in [2.75, 3.05) is 35.2 Å². The van der Waals surface area contributed by atoms with Crippen molar-refractivity contribution in [2.45, 2.75) is 39.5 Å². The Labute approximate surface area is 201 Å². The predicted octanol–water partition coefficient (Wildman–Crippen LogP) is 6.07. The molecule has 2 aromatic carbocycles. The minimum atomic E-state index is 0. The Kier molecular flexibility index (Phi) is 8.17. The van der Waals surface area contributed by atoms with Gasteiger partial charge < -0.3 is 22.1 Å². The number of hydrogen-bond donors (Lipinski definition) is 4. The number of aromatic nitrogens is 2. The van der Waals surface area contributed by atoms with Crippen molar-refractivity contribution in [1.29, 1.82) is 0 Å². The lowest BCUT2D eigenvalue weighted by atomic mass is 10.1. The summed E-state index contributed by atoms with van der Waals surface area (Å²) in [6, 6.07) is 15.9. The molecule has 6 N–H and O–H groups in total. The minimum Gasteiger partial charge on any atom is -0.399 e. The van der Waals surface area contributed by atoms with E-state index in [1.807, 2.05) is 50.2 Å². The van der Waals surface area contributed by atoms with Crippen molar-refractivity contribution < 1.29 is 0 Å². The van der Waals surface area contributed by atoms with Crippen LogP contribution in [0.15, 0.2) is 48.5 Å². The van der Waals surface area contributed by atoms with Crippen LogP contribution in [0.2, 0.25) is 0 Å². The van der Waals surface area contributed by atoms with Gasteiger partial charge in [0, 0.05) is 58.0 Å². The van der Waals surface area contributed by atoms with Gasteiger partial charge in [0.2, 0.25) is 0 Å². The van der Waals surface area contributed by atoms with Crippen LogP contribution in [0, 0.1) is 13.8 Å². The van der Waals surface area contributed by atoms with E-state index >= 15 is 0 Å². The Bertz CT molecular complexity index is 1140. The molecule has 0 aliphatic carbocycles. The maximum Gasteiger partial charge on any atom is 0.0727 e. The first kappa shape index (κ1) is 24.4. The summed E-state index contributed by atoms with van der Waals surface area (Å²) in [7, 11) is 0. The molecule has 6 nitrogen and oxygen atoms in total. The Hall–Kier alpha value is -3.25. The first-order chi connectivity index (χ1) is 15.5. The Morgan fingerprint density at radius 3 is 1.48 bits per heavy atom. The van der Waals surface area contributed by atoms with Gasteiger partial charge in [-0.1, -0.05) is 12.8 Å². The molecule has 0 atom stereocenters. The average Bonchev–Trinajstić information content (AvgIpc) is 2.76. The molecule has 0 amide bonds. The summed E-state index contributed by atoms with van der Waals surface area (Å²) in [6.07, 6.45) is 4.61. The van der Waals surface area contributed by atoms with Gasteiger partial charge in [0.05, 0.1) is 11.0 Å². The lowest BCUT2D eigenvalue weighted by Crippen LogP contribution is -2.05. The van der Waals surface area contributed by atoms with Gasteiger partial charge in [0.1, 0.15) is 0 Å². The fourth-order valence-electron chi connectivity index (χ4n) is 4.09. The first-order valence-electron chi connectivity index (χ1n) is 11.3. The van der Waals surface area contributed by atoms with E-state index in [-0.39, 0.29) is 12.4 Å². The summed E-state index contributed by atoms with van der Waals surface area (Å²) in [5, 5.41) is 9.32. The summed E-state index contributed by atoms with van der Waals surface area (Å²) < 4.78 is 0. The quantitative estimate of drug-likeness (QED) is 0.177. The van der Waals surface area contributed by atoms with Gasteiger partial charge >= 0.3 is 0 Å². The van der Waals surface area contributed by atoms with E-state index in [4.69, 9.17) is 11.5 Å². The van der Waals surface area contributed by atoms with Crippen LogP contribution in [-0.2, 0) is 0 Å². The van der Waals surface area contributed by atoms with Crippen molar-refractivity contribution in [3.63, 3.8) is 0 Å². The van der Waals surface area contributed by atoms with Crippen molar-refractivity contribution in [3.8, 4) is 0 Å². The van der Waals surface area contributed by atoms with E-state index in [1.54, 1.807) is 0 Å². The molecule has 0 unspecified atom stereocenters. The lowest BCUT2D eigenvalue weighted by Gasteiger charge is -2.12. The zero-order chi connectivity index (χ0) is 22.5. The maximum atomic E-state index is 5.97. The number of unbranched alkanes of at least 4 members (excludes halogenated alkanes) is 3. The highest BCUT2D eigenvalue weighted by Crippen LogP contribution is 2.26. The molecule has 0 fully saturated rings. The summed E-state index contributed by atoms with van der Waals surface area (Å²) in [6.45, 7) is 5.92. The van der Waals surface area contributed by atoms with Gasteiger partial charge in [-0.25, -0.2) is 0 Å². The van der Waals surface area contributed by atoms with Gasteiger partial charge in [0.15, 0.2) is 0 Å². The molecule has 2 aromatic heterocycles. The molecule has 33 heavy (non-hydrogen) atoms. The third kappa shape index (κ3) is 6.17. The van der Waals surface area contributed by atoms with Gasteiger partial charge in [-0.2, -0.15) is 0 Å². The standard InChI is InChI=1S/C26H32N6.ClH/c1-17-13-25(21-15-19(27)7-9-23(21)31-17)29-11-5-3-4-6-12-30-26-14-18(2)32-24-10-8-20(28)16-22(24)26;/h7-10,13-16H,3-6,11-12,27-28H2,1-2H3,(H,29,31)(H,30,32);1H. The number of halogens is 1. The van der Waals surface area contributed by atoms with Crippen LogP contribution in [0.3, 0.4) is 0 Å². The van der Waals surface area contributed by atoms with E-state index in [0.717, 1.165) is 81.9 Å². The van der Waals surface area contributed by atoms with E-state index in [9.17, 15) is 0 Å². The highest BCUT2D eigenvalue weighted by molar-refractivity contribution is 5.94. The third-order valence-electron chi connectivity index (χ3n) is 5.66. The highest BCUT2D eigenvalue weighted by Gasteiger charge is 2.06. The molecule has 0 spiro atoms. The second-order valence-electron chi connectivity index (χ2n) is 8.44. The molecule has 0 aliphatic rings. The number of hydrogen-bond acceptors (Lipinski definition) is 6. The number of fused-ring (bicyclic) bond motifs is 2. The number of benzene rings is 2. The van der Waals surface area contributed by atoms with Gasteiger partial charge in [-0.05, 0) is 75.2 Å². The number of nitrogen functional groups attached to an aromatic ring is 2. The summed E-state index contributed by atoms with van der Waals surface area (Å²) >= 11 is 0. The molecule has 0 saturated carbocycles.